The molecular weight excluding hydrogens is 192 g/mol. The molecule has 0 aromatic heterocycles. The second-order valence-corrected chi connectivity index (χ2v) is 3.34. The molecule has 0 amide bonds. The van der Waals surface area contributed by atoms with E-state index in [9.17, 15) is 0 Å². The zero-order valence-corrected chi connectivity index (χ0v) is 9.54. The van der Waals surface area contributed by atoms with E-state index >= 15 is 0 Å². The Kier molecular flexibility index (Phi) is 4.43. The third-order valence-electron chi connectivity index (χ3n) is 2.26. The number of hydrogen-bond donors (Lipinski definition) is 1. The van der Waals surface area contributed by atoms with Crippen LogP contribution in [-0.2, 0) is 6.42 Å². The molecule has 0 aliphatic rings. The molecular formula is C12H18O3. The predicted molar refractivity (Wildman–Crippen MR) is 59.7 cm³/mol. The van der Waals surface area contributed by atoms with Gasteiger partial charge in [-0.25, -0.2) is 0 Å². The van der Waals surface area contributed by atoms with Crippen LogP contribution < -0.4 is 9.47 Å². The normalized spacial score (nSPS) is 10.1. The highest BCUT2D eigenvalue weighted by atomic mass is 16.5. The molecule has 0 saturated carbocycles. The van der Waals surface area contributed by atoms with Crippen molar-refractivity contribution in [1.82, 2.24) is 0 Å². The van der Waals surface area contributed by atoms with Crippen LogP contribution in [0.2, 0.25) is 0 Å². The Morgan fingerprint density at radius 1 is 1.27 bits per heavy atom. The molecule has 1 aromatic rings. The first-order chi connectivity index (χ1) is 7.22. The maximum absolute atomic E-state index is 8.93. The van der Waals surface area contributed by atoms with Crippen molar-refractivity contribution in [2.45, 2.75) is 20.3 Å². The summed E-state index contributed by atoms with van der Waals surface area (Å²) in [6.45, 7) is 4.70. The van der Waals surface area contributed by atoms with Crippen molar-refractivity contribution >= 4 is 0 Å². The lowest BCUT2D eigenvalue weighted by atomic mass is 10.1. The number of aliphatic hydroxyl groups is 1. The topological polar surface area (TPSA) is 38.7 Å². The molecule has 0 unspecified atom stereocenters. The first-order valence-electron chi connectivity index (χ1n) is 5.14. The summed E-state index contributed by atoms with van der Waals surface area (Å²) in [6.07, 6.45) is 0.587. The Morgan fingerprint density at radius 2 is 2.00 bits per heavy atom. The number of ether oxygens (including phenoxy) is 2. The Hall–Kier alpha value is -1.22. The van der Waals surface area contributed by atoms with Crippen molar-refractivity contribution in [3.8, 4) is 11.5 Å². The van der Waals surface area contributed by atoms with Gasteiger partial charge in [0.05, 0.1) is 13.7 Å². The van der Waals surface area contributed by atoms with Gasteiger partial charge >= 0.3 is 0 Å². The van der Waals surface area contributed by atoms with Crippen LogP contribution in [0.5, 0.6) is 11.5 Å². The summed E-state index contributed by atoms with van der Waals surface area (Å²) in [5.74, 6) is 1.67. The number of aryl methyl sites for hydroxylation is 1. The van der Waals surface area contributed by atoms with Gasteiger partial charge in [-0.3, -0.25) is 0 Å². The third kappa shape index (κ3) is 2.86. The molecule has 0 aliphatic carbocycles. The van der Waals surface area contributed by atoms with E-state index in [1.54, 1.807) is 7.11 Å². The second kappa shape index (κ2) is 5.61. The van der Waals surface area contributed by atoms with Gasteiger partial charge in [0.25, 0.3) is 0 Å². The second-order valence-electron chi connectivity index (χ2n) is 3.34. The van der Waals surface area contributed by atoms with Gasteiger partial charge in [0.1, 0.15) is 11.5 Å². The maximum atomic E-state index is 8.93. The van der Waals surface area contributed by atoms with E-state index in [1.165, 1.54) is 0 Å². The Morgan fingerprint density at radius 3 is 2.53 bits per heavy atom. The van der Waals surface area contributed by atoms with Gasteiger partial charge in [0.2, 0.25) is 0 Å². The lowest BCUT2D eigenvalue weighted by Gasteiger charge is -2.13. The summed E-state index contributed by atoms with van der Waals surface area (Å²) in [5, 5.41) is 8.93. The summed E-state index contributed by atoms with van der Waals surface area (Å²) in [4.78, 5) is 0. The third-order valence-corrected chi connectivity index (χ3v) is 2.26. The molecule has 0 bridgehead atoms. The molecule has 0 atom stereocenters. The van der Waals surface area contributed by atoms with Crippen molar-refractivity contribution in [2.75, 3.05) is 20.3 Å². The van der Waals surface area contributed by atoms with E-state index in [-0.39, 0.29) is 6.61 Å². The summed E-state index contributed by atoms with van der Waals surface area (Å²) >= 11 is 0. The number of hydrogen-bond acceptors (Lipinski definition) is 3. The molecule has 1 rings (SSSR count). The number of rotatable bonds is 5. The van der Waals surface area contributed by atoms with Crippen LogP contribution in [0.1, 0.15) is 18.1 Å². The van der Waals surface area contributed by atoms with E-state index in [0.717, 1.165) is 22.6 Å². The van der Waals surface area contributed by atoms with E-state index in [4.69, 9.17) is 14.6 Å². The summed E-state index contributed by atoms with van der Waals surface area (Å²) in [7, 11) is 1.63. The minimum Gasteiger partial charge on any atom is -0.496 e. The monoisotopic (exact) mass is 210 g/mol. The predicted octanol–water partition coefficient (Wildman–Crippen LogP) is 1.94. The molecule has 1 N–H and O–H groups in total. The number of aliphatic hydroxyl groups excluding tert-OH is 1. The molecule has 0 radical (unpaired) electrons. The molecule has 3 nitrogen and oxygen atoms in total. The van der Waals surface area contributed by atoms with E-state index in [0.29, 0.717) is 13.0 Å². The Bertz CT molecular complexity index is 321. The van der Waals surface area contributed by atoms with Gasteiger partial charge in [-0.05, 0) is 38.0 Å². The molecule has 84 valence electrons. The van der Waals surface area contributed by atoms with Crippen molar-refractivity contribution in [3.63, 3.8) is 0 Å². The Balaban J connectivity index is 3.05. The van der Waals surface area contributed by atoms with Crippen LogP contribution >= 0.6 is 0 Å². The van der Waals surface area contributed by atoms with Gasteiger partial charge in [-0.1, -0.05) is 0 Å². The van der Waals surface area contributed by atoms with E-state index in [2.05, 4.69) is 0 Å². The number of methoxy groups -OCH3 is 1. The number of benzene rings is 1. The highest BCUT2D eigenvalue weighted by Crippen LogP contribution is 2.28. The quantitative estimate of drug-likeness (QED) is 0.807. The molecule has 0 saturated heterocycles. The van der Waals surface area contributed by atoms with Gasteiger partial charge < -0.3 is 14.6 Å². The van der Waals surface area contributed by atoms with Gasteiger partial charge in [-0.15, -0.1) is 0 Å². The molecule has 3 heteroatoms. The van der Waals surface area contributed by atoms with Crippen molar-refractivity contribution < 1.29 is 14.6 Å². The van der Waals surface area contributed by atoms with Crippen molar-refractivity contribution in [1.29, 1.82) is 0 Å². The van der Waals surface area contributed by atoms with Crippen LogP contribution in [-0.4, -0.2) is 25.4 Å². The highest BCUT2D eigenvalue weighted by molar-refractivity contribution is 5.46. The summed E-state index contributed by atoms with van der Waals surface area (Å²) < 4.78 is 10.7. The molecule has 0 fully saturated rings. The van der Waals surface area contributed by atoms with Gasteiger partial charge in [-0.2, -0.15) is 0 Å². The van der Waals surface area contributed by atoms with E-state index in [1.807, 2.05) is 26.0 Å². The maximum Gasteiger partial charge on any atom is 0.122 e. The first-order valence-corrected chi connectivity index (χ1v) is 5.14. The standard InChI is InChI=1S/C12H18O3/c1-4-15-11-8-10(5-6-13)12(14-3)7-9(11)2/h7-8,13H,4-6H2,1-3H3. The lowest BCUT2D eigenvalue weighted by Crippen LogP contribution is -2.00. The molecule has 0 aliphatic heterocycles. The van der Waals surface area contributed by atoms with Crippen LogP contribution in [0.3, 0.4) is 0 Å². The molecule has 0 spiro atoms. The summed E-state index contributed by atoms with van der Waals surface area (Å²) in [5.41, 5.74) is 2.03. The van der Waals surface area contributed by atoms with Gasteiger partial charge in [0, 0.05) is 12.2 Å². The minimum absolute atomic E-state index is 0.116. The van der Waals surface area contributed by atoms with Crippen LogP contribution in [0.15, 0.2) is 12.1 Å². The smallest absolute Gasteiger partial charge is 0.122 e. The largest absolute Gasteiger partial charge is 0.496 e. The van der Waals surface area contributed by atoms with E-state index < -0.39 is 0 Å². The average Bonchev–Trinajstić information content (AvgIpc) is 2.23. The Labute approximate surface area is 90.6 Å². The fourth-order valence-corrected chi connectivity index (χ4v) is 1.52. The summed E-state index contributed by atoms with van der Waals surface area (Å²) in [6, 6.07) is 3.88. The fourth-order valence-electron chi connectivity index (χ4n) is 1.52. The molecule has 15 heavy (non-hydrogen) atoms. The lowest BCUT2D eigenvalue weighted by molar-refractivity contribution is 0.295. The minimum atomic E-state index is 0.116. The molecule has 0 heterocycles. The van der Waals surface area contributed by atoms with Crippen LogP contribution in [0, 0.1) is 6.92 Å². The zero-order chi connectivity index (χ0) is 11.3. The zero-order valence-electron chi connectivity index (χ0n) is 9.54. The highest BCUT2D eigenvalue weighted by Gasteiger charge is 2.08. The van der Waals surface area contributed by atoms with Gasteiger partial charge in [0.15, 0.2) is 0 Å². The van der Waals surface area contributed by atoms with Crippen molar-refractivity contribution in [3.05, 3.63) is 23.3 Å². The average molecular weight is 210 g/mol. The van der Waals surface area contributed by atoms with Crippen LogP contribution in [0.4, 0.5) is 0 Å². The fraction of sp³-hybridized carbons (Fsp3) is 0.500. The first kappa shape index (κ1) is 11.9. The SMILES string of the molecule is CCOc1cc(CCO)c(OC)cc1C. The van der Waals surface area contributed by atoms with Crippen LogP contribution in [0.25, 0.3) is 0 Å². The van der Waals surface area contributed by atoms with Crippen molar-refractivity contribution in [2.24, 2.45) is 0 Å². The molecule has 1 aromatic carbocycles.